The van der Waals surface area contributed by atoms with Crippen LogP contribution < -0.4 is 10.2 Å². The van der Waals surface area contributed by atoms with E-state index < -0.39 is 30.7 Å². The summed E-state index contributed by atoms with van der Waals surface area (Å²) in [5, 5.41) is 2.80. The van der Waals surface area contributed by atoms with Crippen molar-refractivity contribution in [2.45, 2.75) is 46.6 Å². The van der Waals surface area contributed by atoms with Gasteiger partial charge in [-0.05, 0) is 54.1 Å². The Morgan fingerprint density at radius 3 is 2.08 bits per heavy atom. The van der Waals surface area contributed by atoms with Gasteiger partial charge in [-0.2, -0.15) is 4.55 Å². The summed E-state index contributed by atoms with van der Waals surface area (Å²) >= 11 is 0. The van der Waals surface area contributed by atoms with Crippen molar-refractivity contribution in [2.24, 2.45) is 0 Å². The van der Waals surface area contributed by atoms with Gasteiger partial charge in [0.15, 0.2) is 19.5 Å². The van der Waals surface area contributed by atoms with E-state index >= 15 is 0 Å². The van der Waals surface area contributed by atoms with Gasteiger partial charge in [0.1, 0.15) is 0 Å². The number of nitrogens with zero attached hydrogens (tertiary/aromatic N) is 1. The Hall–Kier alpha value is -3.15. The number of nitrogens with one attached hydrogen (secondary N) is 1. The molecule has 0 spiro atoms. The van der Waals surface area contributed by atoms with E-state index in [1.54, 1.807) is 55.5 Å². The Kier molecular flexibility index (Phi) is 6.89. The van der Waals surface area contributed by atoms with Crippen LogP contribution in [0.5, 0.6) is 0 Å². The van der Waals surface area contributed by atoms with E-state index in [0.717, 1.165) is 0 Å². The van der Waals surface area contributed by atoms with Gasteiger partial charge >= 0.3 is 0 Å². The zero-order valence-electron chi connectivity index (χ0n) is 21.3. The molecule has 1 atom stereocenters. The summed E-state index contributed by atoms with van der Waals surface area (Å²) in [6.45, 7) is 0.859. The molecule has 11 heteroatoms. The van der Waals surface area contributed by atoms with Crippen LogP contribution in [0.25, 0.3) is 0 Å². The highest BCUT2D eigenvalue weighted by Crippen LogP contribution is 2.58. The second-order valence-electron chi connectivity index (χ2n) is 10.1. The first-order valence-electron chi connectivity index (χ1n) is 12.6. The van der Waals surface area contributed by atoms with Gasteiger partial charge in [-0.15, -0.1) is 0 Å². The Balaban J connectivity index is 1.23. The lowest BCUT2D eigenvalue weighted by Gasteiger charge is -2.40. The molecule has 2 N–H and O–H groups in total. The van der Waals surface area contributed by atoms with Crippen molar-refractivity contribution < 1.29 is 30.8 Å². The van der Waals surface area contributed by atoms with E-state index in [2.05, 4.69) is 5.32 Å². The van der Waals surface area contributed by atoms with Crippen LogP contribution in [0, 0.1) is 0 Å². The second kappa shape index (κ2) is 9.79. The van der Waals surface area contributed by atoms with E-state index in [1.165, 1.54) is 29.2 Å². The van der Waals surface area contributed by atoms with Gasteiger partial charge in [-0.1, -0.05) is 35.4 Å². The second-order valence-corrected chi connectivity index (χ2v) is 14.7. The average Bonchev–Trinajstić information content (AvgIpc) is 3.71. The average molecular weight is 576 g/mol. The lowest BCUT2D eigenvalue weighted by Crippen LogP contribution is -2.56. The molecule has 2 fully saturated rings. The Labute approximate surface area is 227 Å². The Morgan fingerprint density at radius 2 is 1.56 bits per heavy atom. The predicted molar refractivity (Wildman–Crippen MR) is 146 cm³/mol. The summed E-state index contributed by atoms with van der Waals surface area (Å²) in [4.78, 5) is 14.5. The molecule has 1 aliphatic carbocycles. The van der Waals surface area contributed by atoms with Crippen LogP contribution in [0.3, 0.4) is 0 Å². The molecular formula is C28H29F2N2O5S2+. The van der Waals surface area contributed by atoms with Crippen LogP contribution in [0.1, 0.15) is 30.9 Å². The molecule has 3 aromatic rings. The van der Waals surface area contributed by atoms with Crippen LogP contribution in [-0.2, 0) is 40.2 Å². The molecule has 0 radical (unpaired) electrons. The highest BCUT2D eigenvalue weighted by Gasteiger charge is 2.66. The summed E-state index contributed by atoms with van der Waals surface area (Å²) in [7, 11) is -6.78. The van der Waals surface area contributed by atoms with E-state index in [1.807, 2.05) is 0 Å². The number of sulfone groups is 1. The topological polar surface area (TPSA) is 104 Å². The largest absolute Gasteiger partial charge is 0.359 e. The summed E-state index contributed by atoms with van der Waals surface area (Å²) < 4.78 is 74.1. The van der Waals surface area contributed by atoms with Gasteiger partial charge < -0.3 is 10.2 Å². The number of carbonyl (C=O) groups is 1. The van der Waals surface area contributed by atoms with Gasteiger partial charge in [-0.25, -0.2) is 17.2 Å². The molecule has 1 saturated carbocycles. The molecule has 2 aliphatic rings. The monoisotopic (exact) mass is 575 g/mol. The fourth-order valence-electron chi connectivity index (χ4n) is 4.83. The molecule has 5 rings (SSSR count). The standard InChI is InChI=1S/C28H28F2N2O5S2/c1-2-38(34,35)24-11-3-20(4-12-24)17-26(33)31-22-7-5-21(6-8-22)27(15-16-27)39(36,37)25-13-9-23(10-14-25)32-18-28(29,30)19-32/h3-14H,2,15-19H2,1H3,(H-,31,33,36,37)/p+1. The number of amides is 1. The first-order valence-corrected chi connectivity index (χ1v) is 15.7. The van der Waals surface area contributed by atoms with Crippen LogP contribution in [0.4, 0.5) is 20.2 Å². The maximum atomic E-state index is 13.6. The third-order valence-electron chi connectivity index (χ3n) is 7.32. The summed E-state index contributed by atoms with van der Waals surface area (Å²) in [5.41, 5.74) is 2.48. The normalized spacial score (nSPS) is 19.0. The van der Waals surface area contributed by atoms with Crippen LogP contribution >= 0.6 is 0 Å². The van der Waals surface area contributed by atoms with E-state index in [-0.39, 0.29) is 41.0 Å². The summed E-state index contributed by atoms with van der Waals surface area (Å²) in [6.07, 6.45) is 1.11. The molecule has 3 aromatic carbocycles. The summed E-state index contributed by atoms with van der Waals surface area (Å²) in [6, 6.07) is 19.3. The quantitative estimate of drug-likeness (QED) is 0.343. The van der Waals surface area contributed by atoms with Crippen molar-refractivity contribution in [2.75, 3.05) is 29.1 Å². The van der Waals surface area contributed by atoms with Gasteiger partial charge in [0.2, 0.25) is 5.91 Å². The smallest absolute Gasteiger partial charge is 0.282 e. The third kappa shape index (κ3) is 5.35. The van der Waals surface area contributed by atoms with E-state index in [4.69, 9.17) is 0 Å². The molecular weight excluding hydrogens is 546 g/mol. The highest BCUT2D eigenvalue weighted by atomic mass is 32.3. The maximum absolute atomic E-state index is 13.6. The number of rotatable bonds is 9. The molecule has 1 aliphatic heterocycles. The van der Waals surface area contributed by atoms with Crippen LogP contribution in [0.2, 0.25) is 0 Å². The van der Waals surface area contributed by atoms with Crippen molar-refractivity contribution in [3.8, 4) is 0 Å². The molecule has 1 saturated heterocycles. The van der Waals surface area contributed by atoms with Crippen molar-refractivity contribution in [3.05, 3.63) is 83.9 Å². The van der Waals surface area contributed by atoms with Gasteiger partial charge in [0, 0.05) is 29.8 Å². The minimum Gasteiger partial charge on any atom is -0.359 e. The predicted octanol–water partition coefficient (Wildman–Crippen LogP) is 5.14. The fourth-order valence-corrected chi connectivity index (χ4v) is 7.78. The van der Waals surface area contributed by atoms with Crippen molar-refractivity contribution >= 4 is 37.3 Å². The third-order valence-corrected chi connectivity index (χ3v) is 11.7. The molecule has 1 amide bonds. The number of hydrogen-bond donors (Lipinski definition) is 2. The molecule has 1 unspecified atom stereocenters. The molecule has 206 valence electrons. The number of carbonyl (C=O) groups excluding carboxylic acids is 1. The van der Waals surface area contributed by atoms with Crippen molar-refractivity contribution in [1.29, 1.82) is 0 Å². The van der Waals surface area contributed by atoms with Gasteiger partial charge in [0.25, 0.3) is 16.1 Å². The number of hydrogen-bond acceptors (Lipinski definition) is 5. The van der Waals surface area contributed by atoms with Crippen molar-refractivity contribution in [1.82, 2.24) is 0 Å². The lowest BCUT2D eigenvalue weighted by molar-refractivity contribution is -0.115. The highest BCUT2D eigenvalue weighted by molar-refractivity contribution is 7.99. The molecule has 1 heterocycles. The molecule has 39 heavy (non-hydrogen) atoms. The minimum atomic E-state index is -3.47. The molecule has 0 aromatic heterocycles. The van der Waals surface area contributed by atoms with Gasteiger partial charge in [0.05, 0.1) is 30.2 Å². The zero-order valence-corrected chi connectivity index (χ0v) is 22.9. The Morgan fingerprint density at radius 1 is 0.974 bits per heavy atom. The Bertz CT molecular complexity index is 1530. The SMILES string of the molecule is CCS(=O)(=O)c1ccc(CC(=O)Nc2ccc(C3([S+](=O)(O)c4ccc(N5CC(F)(F)C5)cc4)CC3)cc2)cc1. The van der Waals surface area contributed by atoms with Crippen molar-refractivity contribution in [3.63, 3.8) is 0 Å². The summed E-state index contributed by atoms with van der Waals surface area (Å²) in [5.74, 6) is -2.97. The fraction of sp³-hybridized carbons (Fsp3) is 0.321. The van der Waals surface area contributed by atoms with E-state index in [9.17, 15) is 30.8 Å². The van der Waals surface area contributed by atoms with Crippen LogP contribution in [0.15, 0.2) is 82.6 Å². The van der Waals surface area contributed by atoms with Gasteiger partial charge in [-0.3, -0.25) is 4.79 Å². The first-order chi connectivity index (χ1) is 18.4. The number of benzene rings is 3. The zero-order chi connectivity index (χ0) is 28.1. The van der Waals surface area contributed by atoms with Crippen LogP contribution in [-0.4, -0.2) is 43.6 Å². The number of halogens is 2. The number of anilines is 2. The molecule has 0 bridgehead atoms. The maximum Gasteiger partial charge on any atom is 0.282 e. The number of alkyl halides is 2. The van der Waals surface area contributed by atoms with E-state index in [0.29, 0.717) is 35.3 Å². The molecule has 7 nitrogen and oxygen atoms in total. The first kappa shape index (κ1) is 27.4. The lowest BCUT2D eigenvalue weighted by atomic mass is 10.1. The minimum absolute atomic E-state index is 0.00409.